The van der Waals surface area contributed by atoms with Crippen LogP contribution < -0.4 is 4.72 Å². The molecule has 3 heterocycles. The number of hydrogen-bond donors (Lipinski definition) is 1. The van der Waals surface area contributed by atoms with E-state index in [0.29, 0.717) is 18.1 Å². The monoisotopic (exact) mass is 360 g/mol. The highest BCUT2D eigenvalue weighted by atomic mass is 32.2. The van der Waals surface area contributed by atoms with E-state index < -0.39 is 10.0 Å². The molecule has 9 heteroatoms. The maximum Gasteiger partial charge on any atom is 0.259 e. The molecule has 0 radical (unpaired) electrons. The molecule has 0 atom stereocenters. The predicted octanol–water partition coefficient (Wildman–Crippen LogP) is 1.49. The first-order chi connectivity index (χ1) is 11.9. The van der Waals surface area contributed by atoms with Crippen LogP contribution in [0.4, 0.5) is 0 Å². The van der Waals surface area contributed by atoms with Crippen molar-refractivity contribution in [1.29, 1.82) is 0 Å². The SMILES string of the molecule is CCn1cc(S(=O)(=O)NCc2cccnc2-c2cnn(C)c2)nc1C. The van der Waals surface area contributed by atoms with Crippen molar-refractivity contribution in [3.05, 3.63) is 48.3 Å². The molecule has 3 aromatic heterocycles. The standard InChI is InChI=1S/C16H20N6O2S/c1-4-22-11-15(20-12(22)2)25(23,24)19-9-13-6-5-7-17-16(13)14-8-18-21(3)10-14/h5-8,10-11,19H,4,9H2,1-3H3. The van der Waals surface area contributed by atoms with Crippen molar-refractivity contribution in [2.45, 2.75) is 32.0 Å². The number of aromatic nitrogens is 5. The maximum atomic E-state index is 12.5. The fourth-order valence-electron chi connectivity index (χ4n) is 2.56. The molecular formula is C16H20N6O2S. The maximum absolute atomic E-state index is 12.5. The minimum absolute atomic E-state index is 0.0265. The van der Waals surface area contributed by atoms with Crippen LogP contribution in [0.25, 0.3) is 11.3 Å². The number of rotatable bonds is 6. The van der Waals surface area contributed by atoms with Crippen LogP contribution >= 0.6 is 0 Å². The molecule has 0 amide bonds. The lowest BCUT2D eigenvalue weighted by molar-refractivity contribution is 0.577. The summed E-state index contributed by atoms with van der Waals surface area (Å²) in [6.07, 6.45) is 6.76. The molecule has 0 fully saturated rings. The minimum atomic E-state index is -3.69. The van der Waals surface area contributed by atoms with Gasteiger partial charge in [-0.15, -0.1) is 0 Å². The second-order valence-electron chi connectivity index (χ2n) is 5.65. The Bertz CT molecular complexity index is 990. The zero-order valence-electron chi connectivity index (χ0n) is 14.3. The van der Waals surface area contributed by atoms with Gasteiger partial charge in [0.05, 0.1) is 11.9 Å². The second kappa shape index (κ2) is 6.77. The quantitative estimate of drug-likeness (QED) is 0.718. The van der Waals surface area contributed by atoms with Gasteiger partial charge in [-0.3, -0.25) is 9.67 Å². The smallest absolute Gasteiger partial charge is 0.259 e. The van der Waals surface area contributed by atoms with Gasteiger partial charge in [0.15, 0.2) is 5.03 Å². The Hall–Kier alpha value is -2.52. The van der Waals surface area contributed by atoms with Crippen molar-refractivity contribution in [2.75, 3.05) is 0 Å². The van der Waals surface area contributed by atoms with Gasteiger partial charge in [0.25, 0.3) is 10.0 Å². The molecule has 8 nitrogen and oxygen atoms in total. The van der Waals surface area contributed by atoms with Gasteiger partial charge in [0, 0.05) is 44.3 Å². The van der Waals surface area contributed by atoms with E-state index >= 15 is 0 Å². The highest BCUT2D eigenvalue weighted by Gasteiger charge is 2.19. The van der Waals surface area contributed by atoms with E-state index in [4.69, 9.17) is 0 Å². The molecule has 3 aromatic rings. The van der Waals surface area contributed by atoms with Crippen LogP contribution in [0.3, 0.4) is 0 Å². The zero-order valence-corrected chi connectivity index (χ0v) is 15.2. The molecule has 3 rings (SSSR count). The number of sulfonamides is 1. The molecule has 0 saturated carbocycles. The van der Waals surface area contributed by atoms with Crippen LogP contribution in [0.15, 0.2) is 41.9 Å². The molecule has 0 spiro atoms. The first kappa shape index (κ1) is 17.3. The number of aryl methyl sites for hydroxylation is 3. The summed E-state index contributed by atoms with van der Waals surface area (Å²) < 4.78 is 31.1. The first-order valence-electron chi connectivity index (χ1n) is 7.87. The highest BCUT2D eigenvalue weighted by Crippen LogP contribution is 2.20. The topological polar surface area (TPSA) is 94.7 Å². The van der Waals surface area contributed by atoms with Crippen LogP contribution in [0.2, 0.25) is 0 Å². The van der Waals surface area contributed by atoms with Gasteiger partial charge in [-0.05, 0) is 25.5 Å². The molecule has 0 unspecified atom stereocenters. The van der Waals surface area contributed by atoms with E-state index in [1.54, 1.807) is 40.8 Å². The molecule has 0 aliphatic heterocycles. The summed E-state index contributed by atoms with van der Waals surface area (Å²) in [5, 5.41) is 4.16. The summed E-state index contributed by atoms with van der Waals surface area (Å²) in [7, 11) is -1.87. The van der Waals surface area contributed by atoms with Crippen LogP contribution in [0, 0.1) is 6.92 Å². The number of pyridine rings is 1. The van der Waals surface area contributed by atoms with Crippen molar-refractivity contribution in [1.82, 2.24) is 29.0 Å². The third-order valence-electron chi connectivity index (χ3n) is 3.89. The molecule has 0 aliphatic carbocycles. The van der Waals surface area contributed by atoms with Crippen molar-refractivity contribution >= 4 is 10.0 Å². The van der Waals surface area contributed by atoms with Crippen molar-refractivity contribution < 1.29 is 8.42 Å². The molecule has 0 bridgehead atoms. The molecule has 25 heavy (non-hydrogen) atoms. The Morgan fingerprint density at radius 3 is 2.72 bits per heavy atom. The van der Waals surface area contributed by atoms with Crippen LogP contribution in [0.1, 0.15) is 18.3 Å². The normalized spacial score (nSPS) is 11.8. The largest absolute Gasteiger partial charge is 0.334 e. The number of nitrogens with zero attached hydrogens (tertiary/aromatic N) is 5. The van der Waals surface area contributed by atoms with Gasteiger partial charge in [0.2, 0.25) is 0 Å². The second-order valence-corrected chi connectivity index (χ2v) is 7.36. The van der Waals surface area contributed by atoms with Gasteiger partial charge in [-0.2, -0.15) is 5.10 Å². The van der Waals surface area contributed by atoms with Crippen molar-refractivity contribution in [3.63, 3.8) is 0 Å². The predicted molar refractivity (Wildman–Crippen MR) is 93.1 cm³/mol. The molecule has 0 aromatic carbocycles. The number of imidazole rings is 1. The Morgan fingerprint density at radius 2 is 2.08 bits per heavy atom. The molecule has 0 aliphatic rings. The van der Waals surface area contributed by atoms with Crippen molar-refractivity contribution in [3.8, 4) is 11.3 Å². The van der Waals surface area contributed by atoms with Gasteiger partial charge >= 0.3 is 0 Å². The fraction of sp³-hybridized carbons (Fsp3) is 0.312. The van der Waals surface area contributed by atoms with Crippen LogP contribution in [-0.2, 0) is 30.2 Å². The third kappa shape index (κ3) is 3.62. The molecule has 0 saturated heterocycles. The van der Waals surface area contributed by atoms with E-state index in [9.17, 15) is 8.42 Å². The van der Waals surface area contributed by atoms with E-state index in [1.165, 1.54) is 0 Å². The lowest BCUT2D eigenvalue weighted by Crippen LogP contribution is -2.24. The Balaban J connectivity index is 1.84. The number of hydrogen-bond acceptors (Lipinski definition) is 5. The zero-order chi connectivity index (χ0) is 18.0. The summed E-state index contributed by atoms with van der Waals surface area (Å²) in [5.74, 6) is 0.667. The lowest BCUT2D eigenvalue weighted by Gasteiger charge is -2.08. The van der Waals surface area contributed by atoms with Gasteiger partial charge in [0.1, 0.15) is 5.82 Å². The summed E-state index contributed by atoms with van der Waals surface area (Å²) in [5.41, 5.74) is 2.31. The average molecular weight is 360 g/mol. The van der Waals surface area contributed by atoms with Crippen LogP contribution in [-0.4, -0.2) is 32.7 Å². The summed E-state index contributed by atoms with van der Waals surface area (Å²) in [4.78, 5) is 8.49. The van der Waals surface area contributed by atoms with E-state index in [0.717, 1.165) is 11.1 Å². The van der Waals surface area contributed by atoms with Gasteiger partial charge in [-0.1, -0.05) is 6.07 Å². The van der Waals surface area contributed by atoms with Crippen molar-refractivity contribution in [2.24, 2.45) is 7.05 Å². The number of nitrogens with one attached hydrogen (secondary N) is 1. The third-order valence-corrected chi connectivity index (χ3v) is 5.16. The minimum Gasteiger partial charge on any atom is -0.334 e. The molecule has 132 valence electrons. The fourth-order valence-corrected chi connectivity index (χ4v) is 3.57. The van der Waals surface area contributed by atoms with E-state index in [2.05, 4.69) is 19.8 Å². The molecule has 1 N–H and O–H groups in total. The summed E-state index contributed by atoms with van der Waals surface area (Å²) in [6, 6.07) is 3.62. The van der Waals surface area contributed by atoms with Crippen LogP contribution in [0.5, 0.6) is 0 Å². The first-order valence-corrected chi connectivity index (χ1v) is 9.35. The van der Waals surface area contributed by atoms with Gasteiger partial charge in [-0.25, -0.2) is 18.1 Å². The highest BCUT2D eigenvalue weighted by molar-refractivity contribution is 7.89. The Labute approximate surface area is 146 Å². The average Bonchev–Trinajstić information content (AvgIpc) is 3.19. The lowest BCUT2D eigenvalue weighted by atomic mass is 10.1. The Morgan fingerprint density at radius 1 is 1.28 bits per heavy atom. The van der Waals surface area contributed by atoms with Gasteiger partial charge < -0.3 is 4.57 Å². The summed E-state index contributed by atoms with van der Waals surface area (Å²) in [6.45, 7) is 4.51. The Kier molecular flexibility index (Phi) is 4.69. The van der Waals surface area contributed by atoms with E-state index in [1.807, 2.05) is 26.2 Å². The molecular weight excluding hydrogens is 340 g/mol. The van der Waals surface area contributed by atoms with E-state index in [-0.39, 0.29) is 11.6 Å². The summed E-state index contributed by atoms with van der Waals surface area (Å²) >= 11 is 0.